The second kappa shape index (κ2) is 6.68. The molecule has 4 nitrogen and oxygen atoms in total. The fraction of sp³-hybridized carbons (Fsp3) is 0.882. The van der Waals surface area contributed by atoms with Gasteiger partial charge in [0.25, 0.3) is 0 Å². The zero-order chi connectivity index (χ0) is 15.5. The number of hydrogen-bond acceptors (Lipinski definition) is 3. The van der Waals surface area contributed by atoms with Crippen LogP contribution < -0.4 is 0 Å². The zero-order valence-electron chi connectivity index (χ0n) is 13.6. The van der Waals surface area contributed by atoms with Gasteiger partial charge >= 0.3 is 6.09 Å². The van der Waals surface area contributed by atoms with Gasteiger partial charge in [0.1, 0.15) is 5.60 Å². The van der Waals surface area contributed by atoms with Gasteiger partial charge in [0, 0.05) is 18.5 Å². The molecule has 0 spiro atoms. The minimum atomic E-state index is -0.433. The molecule has 2 rings (SSSR count). The Morgan fingerprint density at radius 3 is 2.38 bits per heavy atom. The summed E-state index contributed by atoms with van der Waals surface area (Å²) >= 11 is 0. The lowest BCUT2D eigenvalue weighted by atomic mass is 9.76. The first-order valence-electron chi connectivity index (χ1n) is 8.30. The topological polar surface area (TPSA) is 53.3 Å². The summed E-state index contributed by atoms with van der Waals surface area (Å²) < 4.78 is 5.58. The molecule has 2 fully saturated rings. The molecule has 1 aliphatic carbocycles. The van der Waals surface area contributed by atoms with Crippen LogP contribution >= 0.6 is 0 Å². The zero-order valence-corrected chi connectivity index (χ0v) is 13.6. The molecule has 1 aliphatic heterocycles. The molecule has 0 aromatic heterocycles. The molecule has 1 heterocycles. The van der Waals surface area contributed by atoms with Crippen molar-refractivity contribution in [3.8, 4) is 6.07 Å². The van der Waals surface area contributed by atoms with Gasteiger partial charge in [0.05, 0.1) is 6.07 Å². The molecule has 0 aromatic rings. The first-order chi connectivity index (χ1) is 9.90. The molecule has 2 aliphatic rings. The van der Waals surface area contributed by atoms with E-state index in [-0.39, 0.29) is 12.0 Å². The highest BCUT2D eigenvalue weighted by Crippen LogP contribution is 2.36. The van der Waals surface area contributed by atoms with Crippen LogP contribution in [0.1, 0.15) is 65.7 Å². The van der Waals surface area contributed by atoms with Crippen LogP contribution in [-0.4, -0.2) is 29.2 Å². The second-order valence-corrected chi connectivity index (χ2v) is 7.48. The van der Waals surface area contributed by atoms with Crippen LogP contribution in [0.15, 0.2) is 0 Å². The van der Waals surface area contributed by atoms with E-state index in [0.717, 1.165) is 45.1 Å². The fourth-order valence-electron chi connectivity index (χ4n) is 3.63. The molecule has 4 heteroatoms. The maximum atomic E-state index is 12.4. The number of amides is 1. The Labute approximate surface area is 128 Å². The molecular formula is C17H28N2O2. The van der Waals surface area contributed by atoms with Gasteiger partial charge in [-0.2, -0.15) is 5.26 Å². The van der Waals surface area contributed by atoms with E-state index < -0.39 is 5.60 Å². The summed E-state index contributed by atoms with van der Waals surface area (Å²) in [4.78, 5) is 14.4. The van der Waals surface area contributed by atoms with Crippen molar-refractivity contribution in [2.45, 2.75) is 77.4 Å². The molecule has 1 amide bonds. The van der Waals surface area contributed by atoms with Crippen LogP contribution in [0.3, 0.4) is 0 Å². The molecule has 0 unspecified atom stereocenters. The van der Waals surface area contributed by atoms with Gasteiger partial charge in [-0.15, -0.1) is 0 Å². The largest absolute Gasteiger partial charge is 0.444 e. The fourth-order valence-corrected chi connectivity index (χ4v) is 3.63. The highest BCUT2D eigenvalue weighted by molar-refractivity contribution is 5.68. The van der Waals surface area contributed by atoms with Gasteiger partial charge in [0.15, 0.2) is 0 Å². The number of likely N-dealkylation sites (tertiary alicyclic amines) is 1. The Balaban J connectivity index is 1.99. The normalized spacial score (nSPS) is 30.6. The number of rotatable bonds is 1. The number of ether oxygens (including phenoxy) is 1. The summed E-state index contributed by atoms with van der Waals surface area (Å²) in [5, 5.41) is 9.02. The smallest absolute Gasteiger partial charge is 0.410 e. The van der Waals surface area contributed by atoms with E-state index >= 15 is 0 Å². The Kier molecular flexibility index (Phi) is 5.13. The predicted molar refractivity (Wildman–Crippen MR) is 81.6 cm³/mol. The molecule has 1 saturated heterocycles. The monoisotopic (exact) mass is 292 g/mol. The van der Waals surface area contributed by atoms with Gasteiger partial charge < -0.3 is 9.64 Å². The molecule has 0 N–H and O–H groups in total. The van der Waals surface area contributed by atoms with Gasteiger partial charge in [-0.3, -0.25) is 0 Å². The van der Waals surface area contributed by atoms with E-state index in [1.165, 1.54) is 6.42 Å². The molecule has 1 saturated carbocycles. The van der Waals surface area contributed by atoms with E-state index in [1.54, 1.807) is 0 Å². The van der Waals surface area contributed by atoms with Crippen LogP contribution in [0.2, 0.25) is 0 Å². The van der Waals surface area contributed by atoms with Crippen molar-refractivity contribution in [2.24, 2.45) is 11.8 Å². The summed E-state index contributed by atoms with van der Waals surface area (Å²) in [6.07, 6.45) is 7.31. The van der Waals surface area contributed by atoms with Crippen LogP contribution in [0.4, 0.5) is 4.79 Å². The van der Waals surface area contributed by atoms with Crippen LogP contribution in [0.25, 0.3) is 0 Å². The molecule has 118 valence electrons. The Hall–Kier alpha value is -1.24. The predicted octanol–water partition coefficient (Wildman–Crippen LogP) is 4.11. The summed E-state index contributed by atoms with van der Waals surface area (Å²) in [5.74, 6) is 0.766. The molecule has 1 atom stereocenters. The number of carbonyl (C=O) groups excluding carboxylic acids is 1. The lowest BCUT2D eigenvalue weighted by Gasteiger charge is -2.42. The first kappa shape index (κ1) is 16.1. The Morgan fingerprint density at radius 2 is 1.81 bits per heavy atom. The molecular weight excluding hydrogens is 264 g/mol. The molecule has 21 heavy (non-hydrogen) atoms. The number of carbonyl (C=O) groups is 1. The standard InChI is InChI=1S/C17H28N2O2/c1-17(2,3)21-16(20)19-11-5-4-6-15(19)14-9-7-13(12-18)8-10-14/h13-15H,4-11H2,1-3H3/t13?,14?,15-/m0/s1. The molecule has 0 radical (unpaired) electrons. The van der Waals surface area contributed by atoms with Crippen molar-refractivity contribution in [2.75, 3.05) is 6.54 Å². The van der Waals surface area contributed by atoms with Gasteiger partial charge in [-0.25, -0.2) is 4.79 Å². The van der Waals surface area contributed by atoms with Crippen LogP contribution in [0, 0.1) is 23.2 Å². The van der Waals surface area contributed by atoms with Crippen LogP contribution in [-0.2, 0) is 4.74 Å². The van der Waals surface area contributed by atoms with E-state index in [9.17, 15) is 4.79 Å². The van der Waals surface area contributed by atoms with Crippen molar-refractivity contribution < 1.29 is 9.53 Å². The number of piperidine rings is 1. The molecule has 0 aromatic carbocycles. The quantitative estimate of drug-likeness (QED) is 0.731. The number of nitrogens with zero attached hydrogens (tertiary/aromatic N) is 2. The molecule has 0 bridgehead atoms. The third kappa shape index (κ3) is 4.36. The average Bonchev–Trinajstić information content (AvgIpc) is 2.45. The van der Waals surface area contributed by atoms with E-state index in [1.807, 2.05) is 25.7 Å². The minimum Gasteiger partial charge on any atom is -0.444 e. The summed E-state index contributed by atoms with van der Waals surface area (Å²) in [6, 6.07) is 2.70. The third-order valence-corrected chi connectivity index (χ3v) is 4.68. The summed E-state index contributed by atoms with van der Waals surface area (Å²) in [5.41, 5.74) is -0.433. The minimum absolute atomic E-state index is 0.158. The number of nitriles is 1. The highest BCUT2D eigenvalue weighted by atomic mass is 16.6. The van der Waals surface area contributed by atoms with Crippen molar-refractivity contribution >= 4 is 6.09 Å². The Bertz CT molecular complexity index is 400. The number of hydrogen-bond donors (Lipinski definition) is 0. The van der Waals surface area contributed by atoms with Crippen molar-refractivity contribution in [1.82, 2.24) is 4.90 Å². The van der Waals surface area contributed by atoms with E-state index in [4.69, 9.17) is 10.00 Å². The van der Waals surface area contributed by atoms with Crippen molar-refractivity contribution in [1.29, 1.82) is 5.26 Å². The van der Waals surface area contributed by atoms with Gasteiger partial charge in [-0.1, -0.05) is 0 Å². The average molecular weight is 292 g/mol. The van der Waals surface area contributed by atoms with Gasteiger partial charge in [0.2, 0.25) is 0 Å². The maximum Gasteiger partial charge on any atom is 0.410 e. The van der Waals surface area contributed by atoms with Gasteiger partial charge in [-0.05, 0) is 71.6 Å². The highest BCUT2D eigenvalue weighted by Gasteiger charge is 2.36. The summed E-state index contributed by atoms with van der Waals surface area (Å²) in [6.45, 7) is 6.57. The van der Waals surface area contributed by atoms with Crippen molar-refractivity contribution in [3.05, 3.63) is 0 Å². The van der Waals surface area contributed by atoms with Crippen molar-refractivity contribution in [3.63, 3.8) is 0 Å². The first-order valence-corrected chi connectivity index (χ1v) is 8.30. The second-order valence-electron chi connectivity index (χ2n) is 7.48. The Morgan fingerprint density at radius 1 is 1.14 bits per heavy atom. The van der Waals surface area contributed by atoms with Crippen LogP contribution in [0.5, 0.6) is 0 Å². The SMILES string of the molecule is CC(C)(C)OC(=O)N1CCCC[C@H]1C1CCC(C#N)CC1. The maximum absolute atomic E-state index is 12.4. The van der Waals surface area contributed by atoms with E-state index in [2.05, 4.69) is 6.07 Å². The lowest BCUT2D eigenvalue weighted by molar-refractivity contribution is -0.00237. The summed E-state index contributed by atoms with van der Waals surface area (Å²) in [7, 11) is 0. The van der Waals surface area contributed by atoms with E-state index in [0.29, 0.717) is 12.0 Å². The lowest BCUT2D eigenvalue weighted by Crippen LogP contribution is -2.49. The third-order valence-electron chi connectivity index (χ3n) is 4.68.